The van der Waals surface area contributed by atoms with Crippen LogP contribution in [0.2, 0.25) is 0 Å². The van der Waals surface area contributed by atoms with Crippen molar-refractivity contribution in [3.63, 3.8) is 0 Å². The van der Waals surface area contributed by atoms with Crippen molar-refractivity contribution in [3.05, 3.63) is 120 Å². The third-order valence-corrected chi connectivity index (χ3v) is 6.42. The summed E-state index contributed by atoms with van der Waals surface area (Å²) in [6.45, 7) is 0.611. The van der Waals surface area contributed by atoms with Crippen LogP contribution >= 0.6 is 0 Å². The Morgan fingerprint density at radius 1 is 0.838 bits per heavy atom. The van der Waals surface area contributed by atoms with Crippen LogP contribution in [0.25, 0.3) is 39.4 Å². The maximum Gasteiger partial charge on any atom is 0.145 e. The average molecular weight is 482 g/mol. The van der Waals surface area contributed by atoms with Gasteiger partial charge >= 0.3 is 0 Å². The molecule has 0 saturated heterocycles. The predicted molar refractivity (Wildman–Crippen MR) is 145 cm³/mol. The van der Waals surface area contributed by atoms with E-state index in [9.17, 15) is 5.26 Å². The molecular weight excluding hydrogens is 458 g/mol. The third-order valence-electron chi connectivity index (χ3n) is 6.42. The molecule has 0 amide bonds. The lowest BCUT2D eigenvalue weighted by Crippen LogP contribution is -2.02. The first-order valence-corrected chi connectivity index (χ1v) is 12.0. The van der Waals surface area contributed by atoms with E-state index >= 15 is 0 Å². The lowest BCUT2D eigenvalue weighted by molar-refractivity contribution is 0.415. The lowest BCUT2D eigenvalue weighted by atomic mass is 10.1. The standard InChI is InChI=1S/C31H23N5O/c1-37-26-17-15-24(16-18-26)30-27(21-36(34-30)25-7-3-2-4-8-25)31-33-28-9-5-6-10-29(28)35(31)20-23-13-11-22(19-32)12-14-23/h2-18,21H,20H2,1H3. The number of methoxy groups -OCH3 is 1. The molecule has 2 aromatic heterocycles. The topological polar surface area (TPSA) is 68.7 Å². The molecule has 0 aliphatic rings. The Morgan fingerprint density at radius 3 is 2.30 bits per heavy atom. The van der Waals surface area contributed by atoms with Crippen LogP contribution in [0, 0.1) is 11.3 Å². The van der Waals surface area contributed by atoms with Crippen molar-refractivity contribution in [2.24, 2.45) is 0 Å². The predicted octanol–water partition coefficient (Wildman–Crippen LogP) is 6.48. The fourth-order valence-corrected chi connectivity index (χ4v) is 4.52. The molecule has 2 heterocycles. The Balaban J connectivity index is 1.55. The second-order valence-corrected chi connectivity index (χ2v) is 8.72. The second-order valence-electron chi connectivity index (χ2n) is 8.72. The summed E-state index contributed by atoms with van der Waals surface area (Å²) in [6.07, 6.45) is 2.05. The Hall–Kier alpha value is -5.15. The van der Waals surface area contributed by atoms with Gasteiger partial charge in [-0.1, -0.05) is 42.5 Å². The normalized spacial score (nSPS) is 10.9. The van der Waals surface area contributed by atoms with E-state index < -0.39 is 0 Å². The number of benzene rings is 4. The molecule has 6 aromatic rings. The number of hydrogen-bond donors (Lipinski definition) is 0. The van der Waals surface area contributed by atoms with Crippen molar-refractivity contribution < 1.29 is 4.74 Å². The van der Waals surface area contributed by atoms with Gasteiger partial charge in [-0.2, -0.15) is 10.4 Å². The smallest absolute Gasteiger partial charge is 0.145 e. The molecule has 0 saturated carbocycles. The zero-order valence-electron chi connectivity index (χ0n) is 20.2. The summed E-state index contributed by atoms with van der Waals surface area (Å²) in [6, 6.07) is 36.0. The molecule has 0 atom stereocenters. The molecule has 6 nitrogen and oxygen atoms in total. The van der Waals surface area contributed by atoms with Gasteiger partial charge in [0.15, 0.2) is 0 Å². The van der Waals surface area contributed by atoms with Crippen molar-refractivity contribution in [3.8, 4) is 40.2 Å². The summed E-state index contributed by atoms with van der Waals surface area (Å²) >= 11 is 0. The van der Waals surface area contributed by atoms with Gasteiger partial charge in [0.2, 0.25) is 0 Å². The fraction of sp³-hybridized carbons (Fsp3) is 0.0645. The lowest BCUT2D eigenvalue weighted by Gasteiger charge is -2.10. The number of fused-ring (bicyclic) bond motifs is 1. The number of nitrogens with zero attached hydrogens (tertiary/aromatic N) is 5. The van der Waals surface area contributed by atoms with Gasteiger partial charge in [-0.25, -0.2) is 9.67 Å². The van der Waals surface area contributed by atoms with Crippen LogP contribution in [0.3, 0.4) is 0 Å². The van der Waals surface area contributed by atoms with Crippen LogP contribution in [0.4, 0.5) is 0 Å². The van der Waals surface area contributed by atoms with Crippen molar-refractivity contribution in [2.45, 2.75) is 6.54 Å². The largest absolute Gasteiger partial charge is 0.497 e. The molecule has 0 fully saturated rings. The number of nitriles is 1. The molecule has 6 rings (SSSR count). The quantitative estimate of drug-likeness (QED) is 0.273. The first kappa shape index (κ1) is 22.3. The molecule has 0 unspecified atom stereocenters. The van der Waals surface area contributed by atoms with E-state index in [0.717, 1.165) is 50.7 Å². The van der Waals surface area contributed by atoms with Crippen molar-refractivity contribution in [1.29, 1.82) is 5.26 Å². The summed E-state index contributed by atoms with van der Waals surface area (Å²) in [5.74, 6) is 1.62. The Morgan fingerprint density at radius 2 is 1.57 bits per heavy atom. The minimum absolute atomic E-state index is 0.611. The summed E-state index contributed by atoms with van der Waals surface area (Å²) in [5, 5.41) is 14.2. The zero-order valence-corrected chi connectivity index (χ0v) is 20.2. The fourth-order valence-electron chi connectivity index (χ4n) is 4.52. The Kier molecular flexibility index (Phi) is 5.72. The van der Waals surface area contributed by atoms with Crippen LogP contribution in [0.5, 0.6) is 5.75 Å². The van der Waals surface area contributed by atoms with Crippen LogP contribution in [-0.2, 0) is 6.54 Å². The van der Waals surface area contributed by atoms with Crippen molar-refractivity contribution in [1.82, 2.24) is 19.3 Å². The first-order chi connectivity index (χ1) is 18.2. The van der Waals surface area contributed by atoms with E-state index in [4.69, 9.17) is 14.8 Å². The molecule has 6 heteroatoms. The molecule has 178 valence electrons. The van der Waals surface area contributed by atoms with Crippen molar-refractivity contribution >= 4 is 11.0 Å². The highest BCUT2D eigenvalue weighted by Gasteiger charge is 2.21. The van der Waals surface area contributed by atoms with Gasteiger partial charge in [-0.3, -0.25) is 0 Å². The summed E-state index contributed by atoms with van der Waals surface area (Å²) < 4.78 is 9.50. The zero-order chi connectivity index (χ0) is 25.2. The molecule has 0 bridgehead atoms. The van der Waals surface area contributed by atoms with E-state index in [1.807, 2.05) is 108 Å². The van der Waals surface area contributed by atoms with Gasteiger partial charge in [0.05, 0.1) is 41.0 Å². The highest BCUT2D eigenvalue weighted by atomic mass is 16.5. The molecule has 0 aliphatic carbocycles. The van der Waals surface area contributed by atoms with Gasteiger partial charge in [0.25, 0.3) is 0 Å². The number of hydrogen-bond acceptors (Lipinski definition) is 4. The number of para-hydroxylation sites is 3. The first-order valence-electron chi connectivity index (χ1n) is 12.0. The van der Waals surface area contributed by atoms with Crippen molar-refractivity contribution in [2.75, 3.05) is 7.11 Å². The molecule has 0 spiro atoms. The van der Waals surface area contributed by atoms with Gasteiger partial charge in [0, 0.05) is 18.3 Å². The molecular formula is C31H23N5O. The van der Waals surface area contributed by atoms with E-state index in [2.05, 4.69) is 16.7 Å². The minimum atomic E-state index is 0.611. The number of rotatable bonds is 6. The van der Waals surface area contributed by atoms with E-state index in [-0.39, 0.29) is 0 Å². The number of ether oxygens (including phenoxy) is 1. The second kappa shape index (κ2) is 9.48. The highest BCUT2D eigenvalue weighted by molar-refractivity contribution is 5.85. The van der Waals surface area contributed by atoms with Gasteiger partial charge < -0.3 is 9.30 Å². The molecule has 0 aliphatic heterocycles. The number of aromatic nitrogens is 4. The van der Waals surface area contributed by atoms with Crippen LogP contribution in [-0.4, -0.2) is 26.4 Å². The van der Waals surface area contributed by atoms with Gasteiger partial charge in [0.1, 0.15) is 17.3 Å². The minimum Gasteiger partial charge on any atom is -0.497 e. The Bertz CT molecular complexity index is 1720. The van der Waals surface area contributed by atoms with Gasteiger partial charge in [-0.05, 0) is 66.2 Å². The molecule has 0 radical (unpaired) electrons. The van der Waals surface area contributed by atoms with Crippen LogP contribution < -0.4 is 4.74 Å². The maximum atomic E-state index is 9.20. The molecule has 0 N–H and O–H groups in total. The maximum absolute atomic E-state index is 9.20. The monoisotopic (exact) mass is 481 g/mol. The van der Waals surface area contributed by atoms with Crippen LogP contribution in [0.15, 0.2) is 109 Å². The molecule has 4 aromatic carbocycles. The van der Waals surface area contributed by atoms with E-state index in [0.29, 0.717) is 12.1 Å². The highest BCUT2D eigenvalue weighted by Crippen LogP contribution is 2.35. The number of imidazole rings is 1. The SMILES string of the molecule is COc1ccc(-c2nn(-c3ccccc3)cc2-c2nc3ccccc3n2Cc2ccc(C#N)cc2)cc1. The van der Waals surface area contributed by atoms with E-state index in [1.54, 1.807) is 7.11 Å². The Labute approximate surface area is 214 Å². The van der Waals surface area contributed by atoms with Crippen LogP contribution in [0.1, 0.15) is 11.1 Å². The summed E-state index contributed by atoms with van der Waals surface area (Å²) in [7, 11) is 1.66. The van der Waals surface area contributed by atoms with E-state index in [1.165, 1.54) is 0 Å². The molecule has 37 heavy (non-hydrogen) atoms. The summed E-state index contributed by atoms with van der Waals surface area (Å²) in [5.41, 5.74) is 7.40. The summed E-state index contributed by atoms with van der Waals surface area (Å²) in [4.78, 5) is 5.07. The van der Waals surface area contributed by atoms with Gasteiger partial charge in [-0.15, -0.1) is 0 Å². The third kappa shape index (κ3) is 4.24. The average Bonchev–Trinajstić information content (AvgIpc) is 3.56.